The molecule has 2 heterocycles. The molecule has 1 atom stereocenters. The van der Waals surface area contributed by atoms with Gasteiger partial charge in [-0.25, -0.2) is 4.79 Å². The van der Waals surface area contributed by atoms with E-state index >= 15 is 0 Å². The molecule has 0 aliphatic carbocycles. The highest BCUT2D eigenvalue weighted by Gasteiger charge is 2.46. The molecule has 4 rings (SSSR count). The third-order valence-corrected chi connectivity index (χ3v) is 5.91. The molecule has 1 aliphatic rings. The Kier molecular flexibility index (Phi) is 6.00. The summed E-state index contributed by atoms with van der Waals surface area (Å²) >= 11 is 1.13. The first-order chi connectivity index (χ1) is 15.5. The van der Waals surface area contributed by atoms with E-state index < -0.39 is 36.3 Å². The third-order valence-electron chi connectivity index (χ3n) is 5.08. The number of anilines is 1. The van der Waals surface area contributed by atoms with Gasteiger partial charge in [-0.2, -0.15) is 0 Å². The molecule has 9 heteroatoms. The number of primary amides is 1. The average Bonchev–Trinajstić information content (AvgIpc) is 3.34. The van der Waals surface area contributed by atoms with Gasteiger partial charge in [-0.3, -0.25) is 19.3 Å². The molecule has 8 nitrogen and oxygen atoms in total. The lowest BCUT2D eigenvalue weighted by Crippen LogP contribution is -2.39. The number of hydrogen-bond acceptors (Lipinski definition) is 5. The summed E-state index contributed by atoms with van der Waals surface area (Å²) in [5.41, 5.74) is 7.02. The van der Waals surface area contributed by atoms with Crippen molar-refractivity contribution in [1.82, 2.24) is 9.80 Å². The van der Waals surface area contributed by atoms with E-state index in [0.29, 0.717) is 5.56 Å². The quantitative estimate of drug-likeness (QED) is 0.541. The molecule has 0 spiro atoms. The molecule has 0 bridgehead atoms. The van der Waals surface area contributed by atoms with Crippen molar-refractivity contribution in [3.8, 4) is 0 Å². The first-order valence-electron chi connectivity index (χ1n) is 9.83. The normalized spacial score (nSPS) is 15.8. The summed E-state index contributed by atoms with van der Waals surface area (Å²) < 4.78 is 0. The average molecular weight is 449 g/mol. The highest BCUT2D eigenvalue weighted by atomic mass is 32.1. The van der Waals surface area contributed by atoms with Crippen LogP contribution in [0.3, 0.4) is 0 Å². The van der Waals surface area contributed by atoms with Crippen molar-refractivity contribution in [2.45, 2.75) is 12.6 Å². The van der Waals surface area contributed by atoms with Crippen molar-refractivity contribution in [3.05, 3.63) is 88.8 Å². The lowest BCUT2D eigenvalue weighted by atomic mass is 10.1. The molecular weight excluding hydrogens is 428 g/mol. The topological polar surface area (TPSA) is 113 Å². The Balaban J connectivity index is 1.57. The van der Waals surface area contributed by atoms with E-state index in [1.807, 2.05) is 36.4 Å². The van der Waals surface area contributed by atoms with Gasteiger partial charge in [0.15, 0.2) is 0 Å². The zero-order valence-electron chi connectivity index (χ0n) is 16.9. The van der Waals surface area contributed by atoms with E-state index in [1.54, 1.807) is 29.6 Å². The van der Waals surface area contributed by atoms with Gasteiger partial charge in [0.2, 0.25) is 5.91 Å². The lowest BCUT2D eigenvalue weighted by molar-refractivity contribution is -0.131. The van der Waals surface area contributed by atoms with Crippen LogP contribution >= 0.6 is 11.3 Å². The van der Waals surface area contributed by atoms with Gasteiger partial charge in [-0.05, 0) is 22.6 Å². The van der Waals surface area contributed by atoms with Crippen molar-refractivity contribution in [2.75, 3.05) is 11.9 Å². The molecule has 1 aliphatic heterocycles. The van der Waals surface area contributed by atoms with Gasteiger partial charge in [-0.1, -0.05) is 60.7 Å². The standard InChI is InChI=1S/C23H20N4O4S/c24-20(29)17-11-12-32-21(17)25-18(28)14-27-22(30)19(16-9-5-2-6-10-16)26(23(27)31)13-15-7-3-1-4-8-15/h1-12,19H,13-14H2,(H2,24,29)(H,25,28). The molecule has 162 valence electrons. The maximum atomic E-state index is 13.2. The second-order valence-electron chi connectivity index (χ2n) is 7.21. The Morgan fingerprint density at radius 1 is 0.969 bits per heavy atom. The smallest absolute Gasteiger partial charge is 0.328 e. The van der Waals surface area contributed by atoms with Gasteiger partial charge >= 0.3 is 6.03 Å². The maximum Gasteiger partial charge on any atom is 0.328 e. The van der Waals surface area contributed by atoms with Crippen molar-refractivity contribution >= 4 is 40.1 Å². The molecule has 32 heavy (non-hydrogen) atoms. The first-order valence-corrected chi connectivity index (χ1v) is 10.7. The van der Waals surface area contributed by atoms with E-state index in [9.17, 15) is 19.2 Å². The second-order valence-corrected chi connectivity index (χ2v) is 8.13. The predicted octanol–water partition coefficient (Wildman–Crippen LogP) is 2.99. The van der Waals surface area contributed by atoms with Gasteiger partial charge in [0.1, 0.15) is 17.6 Å². The monoisotopic (exact) mass is 448 g/mol. The number of benzene rings is 2. The fourth-order valence-corrected chi connectivity index (χ4v) is 4.40. The number of nitrogens with one attached hydrogen (secondary N) is 1. The summed E-state index contributed by atoms with van der Waals surface area (Å²) in [6.07, 6.45) is 0. The molecule has 5 amide bonds. The second kappa shape index (κ2) is 9.03. The van der Waals surface area contributed by atoms with Gasteiger partial charge in [-0.15, -0.1) is 11.3 Å². The Morgan fingerprint density at radius 2 is 1.62 bits per heavy atom. The van der Waals surface area contributed by atoms with Crippen molar-refractivity contribution in [2.24, 2.45) is 5.73 Å². The number of nitrogens with zero attached hydrogens (tertiary/aromatic N) is 2. The molecule has 0 radical (unpaired) electrons. The Morgan fingerprint density at radius 3 is 2.28 bits per heavy atom. The van der Waals surface area contributed by atoms with Gasteiger partial charge in [0.25, 0.3) is 11.8 Å². The Bertz CT molecular complexity index is 1160. The van der Waals surface area contributed by atoms with E-state index in [0.717, 1.165) is 21.8 Å². The molecule has 2 aromatic carbocycles. The number of thiophene rings is 1. The minimum absolute atomic E-state index is 0.176. The van der Waals surface area contributed by atoms with Crippen molar-refractivity contribution in [3.63, 3.8) is 0 Å². The minimum Gasteiger partial charge on any atom is -0.366 e. The lowest BCUT2D eigenvalue weighted by Gasteiger charge is -2.22. The number of imide groups is 1. The van der Waals surface area contributed by atoms with Crippen LogP contribution in [0.1, 0.15) is 27.5 Å². The summed E-state index contributed by atoms with van der Waals surface area (Å²) in [5, 5.41) is 4.47. The van der Waals surface area contributed by atoms with Gasteiger partial charge < -0.3 is 16.0 Å². The SMILES string of the molecule is NC(=O)c1ccsc1NC(=O)CN1C(=O)C(c2ccccc2)N(Cc2ccccc2)C1=O. The summed E-state index contributed by atoms with van der Waals surface area (Å²) in [7, 11) is 0. The van der Waals surface area contributed by atoms with Crippen molar-refractivity contribution < 1.29 is 19.2 Å². The maximum absolute atomic E-state index is 13.2. The number of urea groups is 1. The highest BCUT2D eigenvalue weighted by molar-refractivity contribution is 7.14. The molecule has 0 saturated carbocycles. The molecular formula is C23H20N4O4S. The van der Waals surface area contributed by atoms with Crippen LogP contribution in [0.25, 0.3) is 0 Å². The Labute approximate surface area is 188 Å². The molecule has 3 aromatic rings. The summed E-state index contributed by atoms with van der Waals surface area (Å²) in [6.45, 7) is -0.248. The number of rotatable bonds is 7. The van der Waals surface area contributed by atoms with E-state index in [1.165, 1.54) is 11.0 Å². The zero-order chi connectivity index (χ0) is 22.7. The number of hydrogen-bond donors (Lipinski definition) is 2. The number of carbonyl (C=O) groups is 4. The van der Waals surface area contributed by atoms with Crippen LogP contribution in [0.2, 0.25) is 0 Å². The Hall–Kier alpha value is -3.98. The molecule has 3 N–H and O–H groups in total. The number of nitrogens with two attached hydrogens (primary N) is 1. The third kappa shape index (κ3) is 4.23. The van der Waals surface area contributed by atoms with Crippen LogP contribution in [0, 0.1) is 0 Å². The summed E-state index contributed by atoms with van der Waals surface area (Å²) in [4.78, 5) is 52.9. The van der Waals surface area contributed by atoms with E-state index in [2.05, 4.69) is 5.32 Å². The molecule has 1 fully saturated rings. The molecule has 1 unspecified atom stereocenters. The first kappa shape index (κ1) is 21.3. The van der Waals surface area contributed by atoms with E-state index in [-0.39, 0.29) is 17.1 Å². The van der Waals surface area contributed by atoms with Crippen LogP contribution in [-0.2, 0) is 16.1 Å². The molecule has 1 aromatic heterocycles. The predicted molar refractivity (Wildman–Crippen MR) is 120 cm³/mol. The van der Waals surface area contributed by atoms with Crippen LogP contribution in [0.15, 0.2) is 72.1 Å². The van der Waals surface area contributed by atoms with Gasteiger partial charge in [0.05, 0.1) is 5.56 Å². The fraction of sp³-hybridized carbons (Fsp3) is 0.130. The zero-order valence-corrected chi connectivity index (χ0v) is 17.7. The van der Waals surface area contributed by atoms with Gasteiger partial charge in [0, 0.05) is 6.54 Å². The van der Waals surface area contributed by atoms with Crippen molar-refractivity contribution in [1.29, 1.82) is 0 Å². The molecule has 1 saturated heterocycles. The van der Waals surface area contributed by atoms with E-state index in [4.69, 9.17) is 5.73 Å². The summed E-state index contributed by atoms with van der Waals surface area (Å²) in [5.74, 6) is -1.74. The van der Waals surface area contributed by atoms with Crippen LogP contribution in [0.4, 0.5) is 9.80 Å². The highest BCUT2D eigenvalue weighted by Crippen LogP contribution is 2.32. The minimum atomic E-state index is -0.834. The van der Waals surface area contributed by atoms with Crippen LogP contribution in [-0.4, -0.2) is 40.1 Å². The van der Waals surface area contributed by atoms with Crippen LogP contribution in [0.5, 0.6) is 0 Å². The largest absolute Gasteiger partial charge is 0.366 e. The van der Waals surface area contributed by atoms with Crippen LogP contribution < -0.4 is 11.1 Å². The number of carbonyl (C=O) groups excluding carboxylic acids is 4. The summed E-state index contributed by atoms with van der Waals surface area (Å²) in [6, 6.07) is 18.4. The fourth-order valence-electron chi connectivity index (χ4n) is 3.59. The number of amides is 5.